The Morgan fingerprint density at radius 2 is 1.56 bits per heavy atom. The Morgan fingerprint density at radius 3 is 2.04 bits per heavy atom. The van der Waals surface area contributed by atoms with Crippen LogP contribution in [0.3, 0.4) is 0 Å². The summed E-state index contributed by atoms with van der Waals surface area (Å²) in [6.45, 7) is 0. The molecule has 0 spiro atoms. The van der Waals surface area contributed by atoms with Gasteiger partial charge in [-0.15, -0.1) is 0 Å². The molecular weight excluding hydrogens is 366 g/mol. The number of carbonyl (C=O) groups excluding carboxylic acids is 1. The first-order valence-corrected chi connectivity index (χ1v) is 10.1. The van der Waals surface area contributed by atoms with Gasteiger partial charge in [-0.2, -0.15) is 0 Å². The van der Waals surface area contributed by atoms with Crippen LogP contribution in [0.25, 0.3) is 0 Å². The second-order valence-electron chi connectivity index (χ2n) is 6.21. The summed E-state index contributed by atoms with van der Waals surface area (Å²) >= 11 is 0. The smallest absolute Gasteiger partial charge is 0.231 e. The second-order valence-corrected chi connectivity index (χ2v) is 8.14. The minimum absolute atomic E-state index is 0.118. The number of nitrogens with zero attached hydrogens (tertiary/aromatic N) is 1. The van der Waals surface area contributed by atoms with Crippen LogP contribution in [0.1, 0.15) is 5.56 Å². The van der Waals surface area contributed by atoms with Gasteiger partial charge < -0.3 is 14.4 Å². The van der Waals surface area contributed by atoms with E-state index >= 15 is 0 Å². The number of amides is 1. The SMILES string of the molecule is COc1ccc(CC(=O)N(c2ccc(OC)cc2)[C@H]2C=CS(=O)(=O)C2)cc1. The van der Waals surface area contributed by atoms with Crippen molar-refractivity contribution in [3.63, 3.8) is 0 Å². The Hall–Kier alpha value is -2.80. The quantitative estimate of drug-likeness (QED) is 0.762. The van der Waals surface area contributed by atoms with E-state index in [9.17, 15) is 13.2 Å². The molecular formula is C20H21NO5S. The standard InChI is InChI=1S/C20H21NO5S/c1-25-18-7-3-15(4-8-18)13-20(22)21(17-11-12-27(23,24)14-17)16-5-9-19(26-2)10-6-16/h3-12,17H,13-14H2,1-2H3/t17-/m0/s1. The molecule has 7 heteroatoms. The molecule has 1 aliphatic heterocycles. The highest BCUT2D eigenvalue weighted by Crippen LogP contribution is 2.26. The van der Waals surface area contributed by atoms with E-state index in [2.05, 4.69) is 0 Å². The lowest BCUT2D eigenvalue weighted by molar-refractivity contribution is -0.118. The molecule has 0 radical (unpaired) electrons. The summed E-state index contributed by atoms with van der Waals surface area (Å²) in [5.74, 6) is 1.07. The molecule has 1 atom stereocenters. The van der Waals surface area contributed by atoms with E-state index in [1.54, 1.807) is 56.7 Å². The highest BCUT2D eigenvalue weighted by atomic mass is 32.2. The molecule has 0 N–H and O–H groups in total. The molecule has 2 aromatic rings. The van der Waals surface area contributed by atoms with Gasteiger partial charge >= 0.3 is 0 Å². The zero-order valence-corrected chi connectivity index (χ0v) is 16.0. The average molecular weight is 387 g/mol. The summed E-state index contributed by atoms with van der Waals surface area (Å²) in [6.07, 6.45) is 1.71. The lowest BCUT2D eigenvalue weighted by atomic mass is 10.1. The van der Waals surface area contributed by atoms with E-state index in [0.717, 1.165) is 5.56 Å². The van der Waals surface area contributed by atoms with Crippen LogP contribution >= 0.6 is 0 Å². The fraction of sp³-hybridized carbons (Fsp3) is 0.250. The highest BCUT2D eigenvalue weighted by molar-refractivity contribution is 7.94. The van der Waals surface area contributed by atoms with Gasteiger partial charge in [0.25, 0.3) is 0 Å². The number of carbonyl (C=O) groups is 1. The van der Waals surface area contributed by atoms with Crippen LogP contribution in [-0.2, 0) is 21.1 Å². The van der Waals surface area contributed by atoms with Crippen molar-refractivity contribution < 1.29 is 22.7 Å². The predicted molar refractivity (Wildman–Crippen MR) is 104 cm³/mol. The fourth-order valence-corrected chi connectivity index (χ4v) is 4.25. The van der Waals surface area contributed by atoms with E-state index in [1.807, 2.05) is 12.1 Å². The molecule has 27 heavy (non-hydrogen) atoms. The van der Waals surface area contributed by atoms with Gasteiger partial charge in [0, 0.05) is 11.1 Å². The Morgan fingerprint density at radius 1 is 1.00 bits per heavy atom. The maximum absolute atomic E-state index is 13.1. The third-order valence-electron chi connectivity index (χ3n) is 4.38. The maximum Gasteiger partial charge on any atom is 0.231 e. The summed E-state index contributed by atoms with van der Waals surface area (Å²) in [7, 11) is -0.147. The molecule has 3 rings (SSSR count). The van der Waals surface area contributed by atoms with Gasteiger partial charge in [0.05, 0.1) is 32.4 Å². The molecule has 0 bridgehead atoms. The summed E-state index contributed by atoms with van der Waals surface area (Å²) in [5.41, 5.74) is 1.45. The molecule has 0 fully saturated rings. The van der Waals surface area contributed by atoms with Crippen LogP contribution in [-0.4, -0.2) is 40.3 Å². The number of hydrogen-bond donors (Lipinski definition) is 0. The van der Waals surface area contributed by atoms with E-state index in [0.29, 0.717) is 17.2 Å². The third kappa shape index (κ3) is 4.49. The molecule has 2 aromatic carbocycles. The van der Waals surface area contributed by atoms with Crippen molar-refractivity contribution in [3.05, 3.63) is 65.6 Å². The Bertz CT molecular complexity index is 933. The van der Waals surface area contributed by atoms with Crippen molar-refractivity contribution in [1.82, 2.24) is 0 Å². The maximum atomic E-state index is 13.1. The fourth-order valence-electron chi connectivity index (χ4n) is 2.99. The number of sulfone groups is 1. The lowest BCUT2D eigenvalue weighted by Gasteiger charge is -2.28. The Balaban J connectivity index is 1.88. The van der Waals surface area contributed by atoms with Gasteiger partial charge in [-0.05, 0) is 48.0 Å². The zero-order valence-electron chi connectivity index (χ0n) is 15.2. The third-order valence-corrected chi connectivity index (χ3v) is 5.75. The van der Waals surface area contributed by atoms with Gasteiger partial charge in [-0.1, -0.05) is 12.1 Å². The molecule has 0 aromatic heterocycles. The van der Waals surface area contributed by atoms with E-state index in [4.69, 9.17) is 9.47 Å². The first kappa shape index (κ1) is 19.0. The van der Waals surface area contributed by atoms with E-state index in [1.165, 1.54) is 10.3 Å². The van der Waals surface area contributed by atoms with Crippen molar-refractivity contribution in [2.24, 2.45) is 0 Å². The molecule has 0 saturated carbocycles. The number of anilines is 1. The van der Waals surface area contributed by atoms with Crippen LogP contribution in [0.15, 0.2) is 60.0 Å². The van der Waals surface area contributed by atoms with Crippen LogP contribution in [0.5, 0.6) is 11.5 Å². The number of hydrogen-bond acceptors (Lipinski definition) is 5. The Kier molecular flexibility index (Phi) is 5.51. The van der Waals surface area contributed by atoms with Gasteiger partial charge in [0.2, 0.25) is 5.91 Å². The molecule has 0 aliphatic carbocycles. The summed E-state index contributed by atoms with van der Waals surface area (Å²) < 4.78 is 34.0. The van der Waals surface area contributed by atoms with E-state index < -0.39 is 15.9 Å². The summed E-state index contributed by atoms with van der Waals surface area (Å²) in [5, 5.41) is 1.18. The Labute approximate surface area is 158 Å². The van der Waals surface area contributed by atoms with Gasteiger partial charge in [0.15, 0.2) is 9.84 Å². The van der Waals surface area contributed by atoms with Gasteiger partial charge in [-0.25, -0.2) is 8.42 Å². The minimum Gasteiger partial charge on any atom is -0.497 e. The summed E-state index contributed by atoms with van der Waals surface area (Å²) in [4.78, 5) is 14.6. The van der Waals surface area contributed by atoms with Gasteiger partial charge in [-0.3, -0.25) is 4.79 Å². The molecule has 0 saturated heterocycles. The highest BCUT2D eigenvalue weighted by Gasteiger charge is 2.31. The minimum atomic E-state index is -3.29. The zero-order chi connectivity index (χ0) is 19.4. The molecule has 6 nitrogen and oxygen atoms in total. The lowest BCUT2D eigenvalue weighted by Crippen LogP contribution is -2.42. The molecule has 142 valence electrons. The van der Waals surface area contributed by atoms with Gasteiger partial charge in [0.1, 0.15) is 11.5 Å². The number of rotatable bonds is 6. The largest absolute Gasteiger partial charge is 0.497 e. The molecule has 1 amide bonds. The van der Waals surface area contributed by atoms with Crippen LogP contribution in [0, 0.1) is 0 Å². The first-order valence-electron chi connectivity index (χ1n) is 8.42. The number of ether oxygens (including phenoxy) is 2. The molecule has 1 aliphatic rings. The average Bonchev–Trinajstić information content (AvgIpc) is 3.02. The number of methoxy groups -OCH3 is 2. The number of benzene rings is 2. The molecule has 0 unspecified atom stereocenters. The monoisotopic (exact) mass is 387 g/mol. The topological polar surface area (TPSA) is 72.9 Å². The summed E-state index contributed by atoms with van der Waals surface area (Å²) in [6, 6.07) is 13.7. The van der Waals surface area contributed by atoms with Crippen molar-refractivity contribution in [2.75, 3.05) is 24.9 Å². The first-order chi connectivity index (χ1) is 12.9. The van der Waals surface area contributed by atoms with Crippen LogP contribution in [0.2, 0.25) is 0 Å². The van der Waals surface area contributed by atoms with E-state index in [-0.39, 0.29) is 18.1 Å². The van der Waals surface area contributed by atoms with Crippen molar-refractivity contribution in [1.29, 1.82) is 0 Å². The van der Waals surface area contributed by atoms with Crippen LogP contribution in [0.4, 0.5) is 5.69 Å². The van der Waals surface area contributed by atoms with Crippen molar-refractivity contribution in [2.45, 2.75) is 12.5 Å². The van der Waals surface area contributed by atoms with Crippen LogP contribution < -0.4 is 14.4 Å². The van der Waals surface area contributed by atoms with Crippen molar-refractivity contribution in [3.8, 4) is 11.5 Å². The second kappa shape index (κ2) is 7.84. The van der Waals surface area contributed by atoms with Crippen molar-refractivity contribution >= 4 is 21.4 Å². The normalized spacial score (nSPS) is 17.5. The molecule has 1 heterocycles. The predicted octanol–water partition coefficient (Wildman–Crippen LogP) is 2.59.